The summed E-state index contributed by atoms with van der Waals surface area (Å²) in [7, 11) is 0.629. The molecule has 146 valence electrons. The van der Waals surface area contributed by atoms with Crippen molar-refractivity contribution in [2.75, 3.05) is 7.11 Å². The highest BCUT2D eigenvalue weighted by atomic mass is 31.1. The second kappa shape index (κ2) is 10.5. The fourth-order valence-corrected chi connectivity index (χ4v) is 5.48. The maximum absolute atomic E-state index is 12.0. The van der Waals surface area contributed by atoms with Gasteiger partial charge in [-0.1, -0.05) is 91.0 Å². The Bertz CT molecular complexity index is 931. The van der Waals surface area contributed by atoms with E-state index in [9.17, 15) is 4.79 Å². The van der Waals surface area contributed by atoms with Gasteiger partial charge in [-0.25, -0.2) is 4.79 Å². The van der Waals surface area contributed by atoms with Crippen molar-refractivity contribution in [1.29, 1.82) is 0 Å². The van der Waals surface area contributed by atoms with Crippen LogP contribution in [0.2, 0.25) is 0 Å². The van der Waals surface area contributed by atoms with Gasteiger partial charge in [-0.3, -0.25) is 4.99 Å². The molecule has 0 spiro atoms. The summed E-state index contributed by atoms with van der Waals surface area (Å²) in [5, 5.41) is 3.74. The lowest BCUT2D eigenvalue weighted by Crippen LogP contribution is -2.24. The van der Waals surface area contributed by atoms with E-state index in [1.807, 2.05) is 24.3 Å². The summed E-state index contributed by atoms with van der Waals surface area (Å²) in [6.07, 6.45) is 3.92. The van der Waals surface area contributed by atoms with Gasteiger partial charge in [-0.05, 0) is 30.3 Å². The number of methoxy groups -OCH3 is 1. The minimum Gasteiger partial charge on any atom is -0.467 e. The number of aliphatic imine (C=N–C) groups is 1. The average molecular weight is 401 g/mol. The first kappa shape index (κ1) is 20.7. The van der Waals surface area contributed by atoms with Gasteiger partial charge in [0.2, 0.25) is 0 Å². The normalized spacial score (nSPS) is 12.1. The Morgan fingerprint density at radius 2 is 1.52 bits per heavy atom. The zero-order valence-corrected chi connectivity index (χ0v) is 17.3. The first-order valence-corrected chi connectivity index (χ1v) is 10.8. The Labute approximate surface area is 173 Å². The molecule has 3 rings (SSSR count). The van der Waals surface area contributed by atoms with Crippen LogP contribution in [0.5, 0.6) is 0 Å². The van der Waals surface area contributed by atoms with Crippen LogP contribution in [0.3, 0.4) is 0 Å². The molecule has 0 aliphatic carbocycles. The molecule has 29 heavy (non-hydrogen) atoms. The topological polar surface area (TPSA) is 38.7 Å². The van der Waals surface area contributed by atoms with Crippen molar-refractivity contribution in [2.45, 2.75) is 12.5 Å². The van der Waals surface area contributed by atoms with Crippen LogP contribution in [-0.2, 0) is 9.53 Å². The number of hydrogen-bond donors (Lipinski definition) is 0. The van der Waals surface area contributed by atoms with E-state index in [0.29, 0.717) is 6.42 Å². The first-order chi connectivity index (χ1) is 14.2. The van der Waals surface area contributed by atoms with Gasteiger partial charge in [0, 0.05) is 11.8 Å². The van der Waals surface area contributed by atoms with E-state index in [1.165, 1.54) is 23.0 Å². The van der Waals surface area contributed by atoms with Crippen LogP contribution in [0.15, 0.2) is 103 Å². The number of benzene rings is 3. The van der Waals surface area contributed by atoms with Gasteiger partial charge in [0.05, 0.1) is 7.11 Å². The van der Waals surface area contributed by atoms with Gasteiger partial charge in [0.1, 0.15) is 0 Å². The third kappa shape index (κ3) is 5.28. The van der Waals surface area contributed by atoms with Crippen molar-refractivity contribution in [3.63, 3.8) is 0 Å². The Morgan fingerprint density at radius 1 is 0.966 bits per heavy atom. The monoisotopic (exact) mass is 401 g/mol. The van der Waals surface area contributed by atoms with Gasteiger partial charge >= 0.3 is 5.97 Å². The standard InChI is InChI=1S/C25H24NO2P/c1-3-12-23(25(27)28-2)26-19-20-13-10-11-18-24(20)29(21-14-6-4-7-15-21)22-16-8-5-9-17-22/h3-11,13-19,23H,1,12H2,2H3. The average Bonchev–Trinajstić information content (AvgIpc) is 2.78. The second-order valence-electron chi connectivity index (χ2n) is 6.41. The molecule has 0 bridgehead atoms. The molecule has 0 heterocycles. The summed E-state index contributed by atoms with van der Waals surface area (Å²) in [6, 6.07) is 28.7. The Balaban J connectivity index is 2.06. The maximum Gasteiger partial charge on any atom is 0.330 e. The third-order valence-electron chi connectivity index (χ3n) is 4.46. The van der Waals surface area contributed by atoms with E-state index >= 15 is 0 Å². The zero-order valence-electron chi connectivity index (χ0n) is 16.4. The summed E-state index contributed by atoms with van der Waals surface area (Å²) in [5.74, 6) is -0.355. The fraction of sp³-hybridized carbons (Fsp3) is 0.120. The van der Waals surface area contributed by atoms with Crippen molar-refractivity contribution in [2.24, 2.45) is 4.99 Å². The number of carbonyl (C=O) groups excluding carboxylic acids is 1. The molecule has 3 nitrogen and oxygen atoms in total. The summed E-state index contributed by atoms with van der Waals surface area (Å²) >= 11 is 0. The summed E-state index contributed by atoms with van der Waals surface area (Å²) in [4.78, 5) is 16.5. The largest absolute Gasteiger partial charge is 0.467 e. The minimum atomic E-state index is -0.752. The maximum atomic E-state index is 12.0. The van der Waals surface area contributed by atoms with Crippen LogP contribution in [-0.4, -0.2) is 25.3 Å². The molecule has 1 atom stereocenters. The predicted octanol–water partition coefficient (Wildman–Crippen LogP) is 3.98. The Morgan fingerprint density at radius 3 is 2.07 bits per heavy atom. The van der Waals surface area contributed by atoms with Crippen LogP contribution < -0.4 is 15.9 Å². The fourth-order valence-electron chi connectivity index (χ4n) is 3.06. The van der Waals surface area contributed by atoms with Crippen molar-refractivity contribution >= 4 is 36.0 Å². The molecule has 0 aliphatic rings. The van der Waals surface area contributed by atoms with Crippen LogP contribution >= 0.6 is 7.92 Å². The molecule has 0 saturated heterocycles. The van der Waals surface area contributed by atoms with E-state index in [-0.39, 0.29) is 5.97 Å². The van der Waals surface area contributed by atoms with E-state index in [1.54, 1.807) is 12.3 Å². The molecule has 0 radical (unpaired) electrons. The van der Waals surface area contributed by atoms with E-state index in [0.717, 1.165) is 5.56 Å². The molecule has 0 fully saturated rings. The van der Waals surface area contributed by atoms with E-state index in [2.05, 4.69) is 72.2 Å². The molecule has 0 aliphatic heterocycles. The molecule has 3 aromatic rings. The van der Waals surface area contributed by atoms with Crippen molar-refractivity contribution in [3.8, 4) is 0 Å². The Kier molecular flexibility index (Phi) is 7.49. The van der Waals surface area contributed by atoms with E-state index in [4.69, 9.17) is 4.74 Å². The highest BCUT2D eigenvalue weighted by molar-refractivity contribution is 7.80. The second-order valence-corrected chi connectivity index (χ2v) is 8.59. The number of carbonyl (C=O) groups is 1. The predicted molar refractivity (Wildman–Crippen MR) is 123 cm³/mol. The number of nitrogens with zero attached hydrogens (tertiary/aromatic N) is 1. The van der Waals surface area contributed by atoms with Gasteiger partial charge < -0.3 is 4.74 Å². The summed E-state index contributed by atoms with van der Waals surface area (Å²) in [6.45, 7) is 3.72. The van der Waals surface area contributed by atoms with Crippen molar-refractivity contribution in [3.05, 3.63) is 103 Å². The van der Waals surface area contributed by atoms with E-state index < -0.39 is 14.0 Å². The quantitative estimate of drug-likeness (QED) is 0.248. The van der Waals surface area contributed by atoms with Crippen molar-refractivity contribution < 1.29 is 9.53 Å². The van der Waals surface area contributed by atoms with Gasteiger partial charge in [-0.15, -0.1) is 6.58 Å². The minimum absolute atomic E-state index is 0.355. The number of ether oxygens (including phenoxy) is 1. The summed E-state index contributed by atoms with van der Waals surface area (Å²) < 4.78 is 4.87. The summed E-state index contributed by atoms with van der Waals surface area (Å²) in [5.41, 5.74) is 1.00. The zero-order chi connectivity index (χ0) is 20.5. The van der Waals surface area contributed by atoms with Crippen LogP contribution in [0.4, 0.5) is 0 Å². The van der Waals surface area contributed by atoms with Crippen molar-refractivity contribution in [1.82, 2.24) is 0 Å². The molecule has 0 N–H and O–H groups in total. The van der Waals surface area contributed by atoms with Crippen LogP contribution in [0, 0.1) is 0 Å². The molecule has 1 unspecified atom stereocenters. The highest BCUT2D eigenvalue weighted by Crippen LogP contribution is 2.33. The number of hydrogen-bond acceptors (Lipinski definition) is 3. The number of esters is 1. The molecule has 3 aromatic carbocycles. The molecule has 4 heteroatoms. The Hall–Kier alpha value is -3.03. The molecule has 0 aromatic heterocycles. The lowest BCUT2D eigenvalue weighted by Gasteiger charge is -2.21. The first-order valence-electron chi connectivity index (χ1n) is 9.45. The third-order valence-corrected chi connectivity index (χ3v) is 6.98. The molecule has 0 amide bonds. The lowest BCUT2D eigenvalue weighted by molar-refractivity contribution is -0.141. The van der Waals surface area contributed by atoms with Crippen LogP contribution in [0.1, 0.15) is 12.0 Å². The van der Waals surface area contributed by atoms with Gasteiger partial charge in [-0.2, -0.15) is 0 Å². The molecule has 0 saturated carbocycles. The van der Waals surface area contributed by atoms with Gasteiger partial charge in [0.25, 0.3) is 0 Å². The molecular weight excluding hydrogens is 377 g/mol. The van der Waals surface area contributed by atoms with Crippen LogP contribution in [0.25, 0.3) is 0 Å². The molecular formula is C25H24NO2P. The SMILES string of the molecule is C=CCC(N=Cc1ccccc1P(c1ccccc1)c1ccccc1)C(=O)OC. The lowest BCUT2D eigenvalue weighted by atomic mass is 10.2. The smallest absolute Gasteiger partial charge is 0.330 e. The highest BCUT2D eigenvalue weighted by Gasteiger charge is 2.19. The number of rotatable bonds is 8. The van der Waals surface area contributed by atoms with Gasteiger partial charge in [0.15, 0.2) is 6.04 Å².